The molecule has 18 heavy (non-hydrogen) atoms. The molecule has 5 nitrogen and oxygen atoms in total. The zero-order valence-electron chi connectivity index (χ0n) is 10.9. The van der Waals surface area contributed by atoms with E-state index in [1.165, 1.54) is 7.11 Å². The molecule has 0 aliphatic heterocycles. The molecule has 0 aliphatic carbocycles. The largest absolute Gasteiger partial charge is 0.467 e. The Labute approximate surface area is 114 Å². The van der Waals surface area contributed by atoms with Crippen LogP contribution in [0.15, 0.2) is 0 Å². The summed E-state index contributed by atoms with van der Waals surface area (Å²) in [5, 5.41) is 2.55. The van der Waals surface area contributed by atoms with Crippen LogP contribution >= 0.6 is 12.4 Å². The number of hydrogen-bond donors (Lipinski definition) is 2. The number of rotatable bonds is 6. The quantitative estimate of drug-likeness (QED) is 0.546. The normalized spacial score (nSPS) is 12.9. The lowest BCUT2D eigenvalue weighted by Crippen LogP contribution is -2.49. The summed E-state index contributed by atoms with van der Waals surface area (Å²) in [6.07, 6.45) is 5.70. The van der Waals surface area contributed by atoms with E-state index in [0.29, 0.717) is 6.42 Å². The summed E-state index contributed by atoms with van der Waals surface area (Å²) in [6.45, 7) is 3.90. The van der Waals surface area contributed by atoms with Crippen LogP contribution < -0.4 is 11.1 Å². The van der Waals surface area contributed by atoms with E-state index in [2.05, 4.69) is 16.0 Å². The summed E-state index contributed by atoms with van der Waals surface area (Å²) < 4.78 is 4.62. The molecule has 0 aromatic heterocycles. The van der Waals surface area contributed by atoms with Gasteiger partial charge in [0.25, 0.3) is 0 Å². The standard InChI is InChI=1S/C12H20N2O3.ClH/c1-5-6-9(13)11(15)14-10(7-8(2)3)12(16)17-4;/h1,8-10H,6-7,13H2,2-4H3,(H,14,15);1H. The number of esters is 1. The maximum atomic E-state index is 11.6. The molecular weight excluding hydrogens is 256 g/mol. The van der Waals surface area contributed by atoms with Crippen molar-refractivity contribution in [2.24, 2.45) is 11.7 Å². The fraction of sp³-hybridized carbons (Fsp3) is 0.667. The highest BCUT2D eigenvalue weighted by molar-refractivity contribution is 5.87. The lowest BCUT2D eigenvalue weighted by molar-refractivity contribution is -0.145. The van der Waals surface area contributed by atoms with Crippen LogP contribution in [0.5, 0.6) is 0 Å². The Morgan fingerprint density at radius 3 is 2.39 bits per heavy atom. The first-order chi connectivity index (χ1) is 7.92. The van der Waals surface area contributed by atoms with Crippen molar-refractivity contribution < 1.29 is 14.3 Å². The second-order valence-electron chi connectivity index (χ2n) is 4.23. The summed E-state index contributed by atoms with van der Waals surface area (Å²) in [4.78, 5) is 23.1. The zero-order chi connectivity index (χ0) is 13.4. The number of amides is 1. The van der Waals surface area contributed by atoms with Crippen molar-refractivity contribution >= 4 is 24.3 Å². The van der Waals surface area contributed by atoms with E-state index in [1.54, 1.807) is 0 Å². The first kappa shape index (κ1) is 19.1. The molecule has 104 valence electrons. The SMILES string of the molecule is C#CCC(N)C(=O)NC(CC(C)C)C(=O)OC.Cl. The Kier molecular flexibility index (Phi) is 10.3. The smallest absolute Gasteiger partial charge is 0.328 e. The second-order valence-corrected chi connectivity index (χ2v) is 4.23. The molecule has 0 aliphatic rings. The molecule has 0 radical (unpaired) electrons. The van der Waals surface area contributed by atoms with Crippen LogP contribution in [0.2, 0.25) is 0 Å². The fourth-order valence-corrected chi connectivity index (χ4v) is 1.33. The van der Waals surface area contributed by atoms with Gasteiger partial charge in [-0.05, 0) is 12.3 Å². The molecular formula is C12H21ClN2O3. The average molecular weight is 277 g/mol. The molecule has 6 heteroatoms. The van der Waals surface area contributed by atoms with Crippen molar-refractivity contribution in [3.05, 3.63) is 0 Å². The maximum Gasteiger partial charge on any atom is 0.328 e. The number of ether oxygens (including phenoxy) is 1. The van der Waals surface area contributed by atoms with Crippen LogP contribution in [0.4, 0.5) is 0 Å². The van der Waals surface area contributed by atoms with Gasteiger partial charge >= 0.3 is 5.97 Å². The molecule has 0 aromatic rings. The van der Waals surface area contributed by atoms with Crippen molar-refractivity contribution in [2.45, 2.75) is 38.8 Å². The van der Waals surface area contributed by atoms with Gasteiger partial charge in [-0.2, -0.15) is 0 Å². The van der Waals surface area contributed by atoms with Gasteiger partial charge in [0.15, 0.2) is 0 Å². The number of carbonyl (C=O) groups is 2. The number of carbonyl (C=O) groups excluding carboxylic acids is 2. The molecule has 3 N–H and O–H groups in total. The minimum absolute atomic E-state index is 0. The van der Waals surface area contributed by atoms with Crippen LogP contribution in [-0.2, 0) is 14.3 Å². The first-order valence-corrected chi connectivity index (χ1v) is 5.49. The van der Waals surface area contributed by atoms with Crippen molar-refractivity contribution in [3.63, 3.8) is 0 Å². The Morgan fingerprint density at radius 2 is 2.00 bits per heavy atom. The van der Waals surface area contributed by atoms with E-state index in [0.717, 1.165) is 0 Å². The molecule has 1 amide bonds. The zero-order valence-corrected chi connectivity index (χ0v) is 11.8. The second kappa shape index (κ2) is 9.75. The first-order valence-electron chi connectivity index (χ1n) is 5.49. The number of nitrogens with one attached hydrogen (secondary N) is 1. The van der Waals surface area contributed by atoms with Gasteiger partial charge in [-0.1, -0.05) is 13.8 Å². The minimum atomic E-state index is -0.792. The van der Waals surface area contributed by atoms with Crippen LogP contribution in [0.3, 0.4) is 0 Å². The third-order valence-electron chi connectivity index (χ3n) is 2.18. The van der Waals surface area contributed by atoms with Crippen molar-refractivity contribution in [1.82, 2.24) is 5.32 Å². The van der Waals surface area contributed by atoms with Gasteiger partial charge in [-0.15, -0.1) is 24.8 Å². The minimum Gasteiger partial charge on any atom is -0.467 e. The van der Waals surface area contributed by atoms with Crippen molar-refractivity contribution in [3.8, 4) is 12.3 Å². The van der Waals surface area contributed by atoms with Gasteiger partial charge in [0.05, 0.1) is 13.2 Å². The van der Waals surface area contributed by atoms with Crippen LogP contribution in [0.1, 0.15) is 26.7 Å². The lowest BCUT2D eigenvalue weighted by Gasteiger charge is -2.19. The molecule has 0 spiro atoms. The van der Waals surface area contributed by atoms with Gasteiger partial charge in [0.2, 0.25) is 5.91 Å². The molecule has 0 saturated heterocycles. The Balaban J connectivity index is 0. The summed E-state index contributed by atoms with van der Waals surface area (Å²) in [5.74, 6) is 1.65. The molecule has 0 rings (SSSR count). The van der Waals surface area contributed by atoms with E-state index >= 15 is 0 Å². The highest BCUT2D eigenvalue weighted by Crippen LogP contribution is 2.06. The molecule has 0 saturated carbocycles. The van der Waals surface area contributed by atoms with Crippen LogP contribution in [0.25, 0.3) is 0 Å². The monoisotopic (exact) mass is 276 g/mol. The Hall–Kier alpha value is -1.25. The summed E-state index contributed by atoms with van der Waals surface area (Å²) in [6, 6.07) is -1.46. The number of hydrogen-bond acceptors (Lipinski definition) is 4. The molecule has 2 atom stereocenters. The van der Waals surface area contributed by atoms with E-state index in [9.17, 15) is 9.59 Å². The number of nitrogens with two attached hydrogens (primary N) is 1. The molecule has 2 unspecified atom stereocenters. The van der Waals surface area contributed by atoms with E-state index in [1.807, 2.05) is 13.8 Å². The van der Waals surface area contributed by atoms with Gasteiger partial charge in [0.1, 0.15) is 6.04 Å². The van der Waals surface area contributed by atoms with Gasteiger partial charge in [-0.25, -0.2) is 4.79 Å². The average Bonchev–Trinajstić information content (AvgIpc) is 2.26. The van der Waals surface area contributed by atoms with Crippen molar-refractivity contribution in [2.75, 3.05) is 7.11 Å². The number of halogens is 1. The maximum absolute atomic E-state index is 11.6. The topological polar surface area (TPSA) is 81.4 Å². The lowest BCUT2D eigenvalue weighted by atomic mass is 10.0. The number of methoxy groups -OCH3 is 1. The molecule has 0 bridgehead atoms. The van der Waals surface area contributed by atoms with Gasteiger partial charge in [0, 0.05) is 6.42 Å². The summed E-state index contributed by atoms with van der Waals surface area (Å²) >= 11 is 0. The fourth-order valence-electron chi connectivity index (χ4n) is 1.33. The van der Waals surface area contributed by atoms with E-state index in [4.69, 9.17) is 12.2 Å². The summed E-state index contributed by atoms with van der Waals surface area (Å²) in [7, 11) is 1.28. The third-order valence-corrected chi connectivity index (χ3v) is 2.18. The molecule has 0 heterocycles. The predicted octanol–water partition coefficient (Wildman–Crippen LogP) is 0.463. The van der Waals surface area contributed by atoms with Crippen LogP contribution in [-0.4, -0.2) is 31.1 Å². The van der Waals surface area contributed by atoms with Crippen molar-refractivity contribution in [1.29, 1.82) is 0 Å². The van der Waals surface area contributed by atoms with Crippen LogP contribution in [0, 0.1) is 18.3 Å². The Bertz CT molecular complexity index is 313. The number of terminal acetylenes is 1. The summed E-state index contributed by atoms with van der Waals surface area (Å²) in [5.41, 5.74) is 5.54. The van der Waals surface area contributed by atoms with Gasteiger partial charge < -0.3 is 15.8 Å². The highest BCUT2D eigenvalue weighted by atomic mass is 35.5. The van der Waals surface area contributed by atoms with E-state index in [-0.39, 0.29) is 24.7 Å². The van der Waals surface area contributed by atoms with E-state index < -0.39 is 24.0 Å². The third kappa shape index (κ3) is 7.15. The molecule has 0 aromatic carbocycles. The predicted molar refractivity (Wildman–Crippen MR) is 72.1 cm³/mol. The molecule has 0 fully saturated rings. The highest BCUT2D eigenvalue weighted by Gasteiger charge is 2.24. The Morgan fingerprint density at radius 1 is 1.44 bits per heavy atom. The van der Waals surface area contributed by atoms with Gasteiger partial charge in [-0.3, -0.25) is 4.79 Å².